The van der Waals surface area contributed by atoms with Gasteiger partial charge in [0.05, 0.1) is 16.4 Å². The first-order valence-electron chi connectivity index (χ1n) is 9.41. The monoisotopic (exact) mass is 482 g/mol. The van der Waals surface area contributed by atoms with Gasteiger partial charge in [-0.2, -0.15) is 13.2 Å². The van der Waals surface area contributed by atoms with Gasteiger partial charge in [0.1, 0.15) is 18.1 Å². The number of benzene rings is 2. The van der Waals surface area contributed by atoms with Crippen molar-refractivity contribution in [2.75, 3.05) is 6.54 Å². The van der Waals surface area contributed by atoms with Crippen LogP contribution in [0, 0.1) is 10.1 Å². The Hall–Kier alpha value is -3.67. The standard InChI is InChI=1S/C21H17F3N2O6S/c22-21(23,24)14-25(12-15-6-4-5-9-18(15)26(28)29)20(27)19-11-10-16(32-19)13-33(30,31)17-7-2-1-3-8-17/h1-11H,12-14H2. The molecule has 3 aromatic rings. The molecule has 0 fully saturated rings. The number of nitro benzene ring substituents is 1. The van der Waals surface area contributed by atoms with E-state index in [0.717, 1.165) is 12.1 Å². The zero-order valence-electron chi connectivity index (χ0n) is 16.9. The van der Waals surface area contributed by atoms with E-state index in [1.165, 1.54) is 48.5 Å². The van der Waals surface area contributed by atoms with Crippen LogP contribution in [0.3, 0.4) is 0 Å². The molecule has 0 aliphatic carbocycles. The average molecular weight is 482 g/mol. The van der Waals surface area contributed by atoms with Gasteiger partial charge < -0.3 is 9.32 Å². The fraction of sp³-hybridized carbons (Fsp3) is 0.190. The SMILES string of the molecule is O=C(c1ccc(CS(=O)(=O)c2ccccc2)o1)N(Cc1ccccc1[N+](=O)[O-])CC(F)(F)F. The largest absolute Gasteiger partial charge is 0.455 e. The van der Waals surface area contributed by atoms with Crippen LogP contribution in [0.2, 0.25) is 0 Å². The van der Waals surface area contributed by atoms with E-state index in [9.17, 15) is 36.5 Å². The van der Waals surface area contributed by atoms with E-state index in [0.29, 0.717) is 4.90 Å². The predicted molar refractivity (Wildman–Crippen MR) is 110 cm³/mol. The number of carbonyl (C=O) groups excluding carboxylic acids is 1. The van der Waals surface area contributed by atoms with E-state index < -0.39 is 57.1 Å². The molecule has 0 aliphatic heterocycles. The minimum atomic E-state index is -4.79. The lowest BCUT2D eigenvalue weighted by Gasteiger charge is -2.23. The van der Waals surface area contributed by atoms with Gasteiger partial charge in [0.25, 0.3) is 11.6 Å². The minimum absolute atomic E-state index is 0.0179. The summed E-state index contributed by atoms with van der Waals surface area (Å²) in [6.45, 7) is -2.38. The zero-order valence-corrected chi connectivity index (χ0v) is 17.7. The smallest absolute Gasteiger partial charge is 0.406 e. The molecular formula is C21H17F3N2O6S. The number of para-hydroxylation sites is 1. The molecule has 1 amide bonds. The Bertz CT molecular complexity index is 1260. The minimum Gasteiger partial charge on any atom is -0.455 e. The molecule has 0 unspecified atom stereocenters. The van der Waals surface area contributed by atoms with Crippen molar-refractivity contribution in [3.63, 3.8) is 0 Å². The van der Waals surface area contributed by atoms with Crippen molar-refractivity contribution in [3.8, 4) is 0 Å². The average Bonchev–Trinajstić information content (AvgIpc) is 3.20. The highest BCUT2D eigenvalue weighted by atomic mass is 32.2. The fourth-order valence-electron chi connectivity index (χ4n) is 3.07. The molecule has 0 radical (unpaired) electrons. The van der Waals surface area contributed by atoms with Crippen LogP contribution in [0.5, 0.6) is 0 Å². The molecule has 33 heavy (non-hydrogen) atoms. The van der Waals surface area contributed by atoms with Crippen LogP contribution in [0.25, 0.3) is 0 Å². The van der Waals surface area contributed by atoms with Crippen molar-refractivity contribution in [3.05, 3.63) is 93.9 Å². The van der Waals surface area contributed by atoms with Crippen molar-refractivity contribution in [2.24, 2.45) is 0 Å². The summed E-state index contributed by atoms with van der Waals surface area (Å²) in [4.78, 5) is 23.6. The highest BCUT2D eigenvalue weighted by molar-refractivity contribution is 7.90. The number of hydrogen-bond donors (Lipinski definition) is 0. The summed E-state index contributed by atoms with van der Waals surface area (Å²) in [6, 6.07) is 14.8. The number of rotatable bonds is 8. The van der Waals surface area contributed by atoms with Crippen molar-refractivity contribution in [2.45, 2.75) is 23.4 Å². The van der Waals surface area contributed by atoms with Crippen LogP contribution in [-0.4, -0.2) is 36.9 Å². The zero-order chi connectivity index (χ0) is 24.2. The number of sulfone groups is 1. The van der Waals surface area contributed by atoms with Gasteiger partial charge in [0.2, 0.25) is 0 Å². The Morgan fingerprint density at radius 1 is 1.00 bits per heavy atom. The summed E-state index contributed by atoms with van der Waals surface area (Å²) < 4.78 is 69.6. The van der Waals surface area contributed by atoms with Crippen molar-refractivity contribution in [1.82, 2.24) is 4.90 Å². The molecule has 0 aliphatic rings. The Labute approximate surface area is 186 Å². The van der Waals surface area contributed by atoms with Gasteiger partial charge in [-0.3, -0.25) is 14.9 Å². The molecular weight excluding hydrogens is 465 g/mol. The Kier molecular flexibility index (Phi) is 6.86. The number of amides is 1. The van der Waals surface area contributed by atoms with Gasteiger partial charge in [-0.15, -0.1) is 0 Å². The van der Waals surface area contributed by atoms with Crippen molar-refractivity contribution in [1.29, 1.82) is 0 Å². The second kappa shape index (κ2) is 9.45. The number of halogens is 3. The van der Waals surface area contributed by atoms with Crippen LogP contribution >= 0.6 is 0 Å². The van der Waals surface area contributed by atoms with Crippen molar-refractivity contribution < 1.29 is 35.7 Å². The molecule has 3 rings (SSSR count). The number of carbonyl (C=O) groups is 1. The topological polar surface area (TPSA) is 111 Å². The van der Waals surface area contributed by atoms with Gasteiger partial charge in [-0.25, -0.2) is 8.42 Å². The van der Waals surface area contributed by atoms with Crippen molar-refractivity contribution >= 4 is 21.4 Å². The molecule has 0 spiro atoms. The van der Waals surface area contributed by atoms with E-state index in [4.69, 9.17) is 4.42 Å². The van der Waals surface area contributed by atoms with Gasteiger partial charge in [-0.1, -0.05) is 36.4 Å². The quantitative estimate of drug-likeness (QED) is 0.348. The number of hydrogen-bond acceptors (Lipinski definition) is 6. The Morgan fingerprint density at radius 2 is 1.64 bits per heavy atom. The maximum Gasteiger partial charge on any atom is 0.406 e. The molecule has 0 saturated heterocycles. The molecule has 0 bridgehead atoms. The molecule has 12 heteroatoms. The summed E-state index contributed by atoms with van der Waals surface area (Å²) in [6.07, 6.45) is -4.79. The fourth-order valence-corrected chi connectivity index (χ4v) is 4.34. The van der Waals surface area contributed by atoms with Gasteiger partial charge in [-0.05, 0) is 24.3 Å². The highest BCUT2D eigenvalue weighted by Gasteiger charge is 2.35. The lowest BCUT2D eigenvalue weighted by atomic mass is 10.1. The molecule has 1 aromatic heterocycles. The van der Waals surface area contributed by atoms with Gasteiger partial charge in [0, 0.05) is 11.6 Å². The van der Waals surface area contributed by atoms with Crippen LogP contribution in [-0.2, 0) is 22.1 Å². The van der Waals surface area contributed by atoms with E-state index >= 15 is 0 Å². The molecule has 0 atom stereocenters. The van der Waals surface area contributed by atoms with E-state index in [1.54, 1.807) is 6.07 Å². The first kappa shape index (κ1) is 24.0. The molecule has 0 saturated carbocycles. The third-order valence-electron chi connectivity index (χ3n) is 4.51. The summed E-state index contributed by atoms with van der Waals surface area (Å²) >= 11 is 0. The summed E-state index contributed by atoms with van der Waals surface area (Å²) in [5.74, 6) is -2.45. The lowest BCUT2D eigenvalue weighted by Crippen LogP contribution is -2.38. The van der Waals surface area contributed by atoms with E-state index in [2.05, 4.69) is 0 Å². The summed E-state index contributed by atoms with van der Waals surface area (Å²) in [7, 11) is -3.81. The maximum absolute atomic E-state index is 13.1. The predicted octanol–water partition coefficient (Wildman–Crippen LogP) is 4.37. The third kappa shape index (κ3) is 6.19. The highest BCUT2D eigenvalue weighted by Crippen LogP contribution is 2.25. The lowest BCUT2D eigenvalue weighted by molar-refractivity contribution is -0.385. The third-order valence-corrected chi connectivity index (χ3v) is 6.17. The summed E-state index contributed by atoms with van der Waals surface area (Å²) in [5.41, 5.74) is -0.537. The molecule has 2 aromatic carbocycles. The first-order chi connectivity index (χ1) is 15.5. The van der Waals surface area contributed by atoms with Crippen LogP contribution in [0.1, 0.15) is 21.9 Å². The molecule has 174 valence electrons. The molecule has 0 N–H and O–H groups in total. The van der Waals surface area contributed by atoms with E-state index in [1.807, 2.05) is 0 Å². The maximum atomic E-state index is 13.1. The number of nitrogens with zero attached hydrogens (tertiary/aromatic N) is 2. The van der Waals surface area contributed by atoms with Crippen LogP contribution < -0.4 is 0 Å². The molecule has 1 heterocycles. The first-order valence-corrected chi connectivity index (χ1v) is 11.1. The molecule has 8 nitrogen and oxygen atoms in total. The van der Waals surface area contributed by atoms with Gasteiger partial charge in [0.15, 0.2) is 15.6 Å². The number of alkyl halides is 3. The number of furan rings is 1. The van der Waals surface area contributed by atoms with Gasteiger partial charge >= 0.3 is 6.18 Å². The number of nitro groups is 1. The second-order valence-electron chi connectivity index (χ2n) is 7.00. The van der Waals surface area contributed by atoms with Crippen LogP contribution in [0.4, 0.5) is 18.9 Å². The normalized spacial score (nSPS) is 11.8. The summed E-state index contributed by atoms with van der Waals surface area (Å²) in [5, 5.41) is 11.2. The Balaban J connectivity index is 1.86. The Morgan fingerprint density at radius 3 is 2.27 bits per heavy atom. The second-order valence-corrected chi connectivity index (χ2v) is 8.99. The van der Waals surface area contributed by atoms with Crippen LogP contribution in [0.15, 0.2) is 76.0 Å². The van der Waals surface area contributed by atoms with E-state index in [-0.39, 0.29) is 16.2 Å².